The van der Waals surface area contributed by atoms with E-state index in [0.717, 1.165) is 0 Å². The number of quaternary nitrogens is 3. The van der Waals surface area contributed by atoms with Gasteiger partial charge in [0.15, 0.2) is 23.0 Å². The van der Waals surface area contributed by atoms with Gasteiger partial charge in [0.1, 0.15) is 42.3 Å². The Bertz CT molecular complexity index is 248. The molecule has 0 amide bonds. The molecule has 17 heavy (non-hydrogen) atoms. The van der Waals surface area contributed by atoms with Crippen molar-refractivity contribution in [3.8, 4) is 0 Å². The maximum atomic E-state index is 5.66. The second-order valence-electron chi connectivity index (χ2n) is 4.88. The summed E-state index contributed by atoms with van der Waals surface area (Å²) in [5, 5.41) is 1.55. The fourth-order valence-electron chi connectivity index (χ4n) is 1.38. The van der Waals surface area contributed by atoms with Crippen LogP contribution < -0.4 is 0 Å². The zero-order chi connectivity index (χ0) is 13.9. The van der Waals surface area contributed by atoms with Crippen LogP contribution in [-0.2, 0) is 18.0 Å². The standard InChI is InChI=1S/C8H24IN4O4/c1-10(2)15-12(5,6)17-13(7,8)16-11(3,4)14-9/h1-8H3/q+3. The first kappa shape index (κ1) is 17.4. The molecule has 0 aliphatic carbocycles. The molecule has 0 saturated carbocycles. The van der Waals surface area contributed by atoms with Crippen LogP contribution in [0.25, 0.3) is 0 Å². The van der Waals surface area contributed by atoms with Gasteiger partial charge in [0, 0.05) is 23.7 Å². The van der Waals surface area contributed by atoms with Crippen molar-refractivity contribution in [1.29, 1.82) is 0 Å². The number of hydrogen-bond donors (Lipinski definition) is 0. The predicted octanol–water partition coefficient (Wildman–Crippen LogP) is 0.599. The third-order valence-electron chi connectivity index (χ3n) is 1.31. The normalized spacial score (nSPS) is 14.5. The van der Waals surface area contributed by atoms with E-state index in [0.29, 0.717) is 0 Å². The summed E-state index contributed by atoms with van der Waals surface area (Å²) in [5.41, 5.74) is 0. The topological polar surface area (TPSA) is 40.2 Å². The number of nitrogens with zero attached hydrogens (tertiary/aromatic N) is 4. The van der Waals surface area contributed by atoms with Crippen LogP contribution in [0.4, 0.5) is 0 Å². The Morgan fingerprint density at radius 1 is 0.765 bits per heavy atom. The molecule has 0 unspecified atom stereocenters. The lowest BCUT2D eigenvalue weighted by atomic mass is 11.1. The van der Waals surface area contributed by atoms with Crippen molar-refractivity contribution in [3.05, 3.63) is 0 Å². The van der Waals surface area contributed by atoms with E-state index in [2.05, 4.69) is 0 Å². The Labute approximate surface area is 117 Å². The molecule has 9 heteroatoms. The third kappa shape index (κ3) is 8.18. The smallest absolute Gasteiger partial charge is 0.137 e. The van der Waals surface area contributed by atoms with Crippen molar-refractivity contribution in [3.63, 3.8) is 0 Å². The average molecular weight is 367 g/mol. The van der Waals surface area contributed by atoms with Gasteiger partial charge >= 0.3 is 0 Å². The van der Waals surface area contributed by atoms with Gasteiger partial charge in [0.2, 0.25) is 0 Å². The molecule has 104 valence electrons. The van der Waals surface area contributed by atoms with Crippen molar-refractivity contribution in [2.45, 2.75) is 0 Å². The molecular weight excluding hydrogens is 343 g/mol. The van der Waals surface area contributed by atoms with E-state index in [1.165, 1.54) is 0 Å². The summed E-state index contributed by atoms with van der Waals surface area (Å²) in [6.07, 6.45) is 0. The van der Waals surface area contributed by atoms with Gasteiger partial charge in [0.25, 0.3) is 0 Å². The molecule has 0 saturated heterocycles. The highest BCUT2D eigenvalue weighted by atomic mass is 127. The van der Waals surface area contributed by atoms with Gasteiger partial charge in [-0.15, -0.1) is 5.06 Å². The number of hydroxylamine groups is 14. The summed E-state index contributed by atoms with van der Waals surface area (Å²) in [5.74, 6) is 0. The van der Waals surface area contributed by atoms with E-state index in [1.807, 2.05) is 0 Å². The van der Waals surface area contributed by atoms with Gasteiger partial charge in [-0.25, -0.2) is 0 Å². The van der Waals surface area contributed by atoms with E-state index < -0.39 is 0 Å². The molecule has 0 aliphatic rings. The summed E-state index contributed by atoms with van der Waals surface area (Å²) in [4.78, 5) is 16.2. The highest BCUT2D eigenvalue weighted by Gasteiger charge is 2.43. The molecule has 0 aliphatic heterocycles. The van der Waals surface area contributed by atoms with Gasteiger partial charge in [-0.1, -0.05) is 8.11 Å². The van der Waals surface area contributed by atoms with Crippen LogP contribution in [0.15, 0.2) is 0 Å². The molecule has 0 aromatic rings. The first-order chi connectivity index (χ1) is 7.39. The second kappa shape index (κ2) is 6.04. The summed E-state index contributed by atoms with van der Waals surface area (Å²) < 4.78 is 5.10. The van der Waals surface area contributed by atoms with Crippen LogP contribution in [-0.4, -0.2) is 75.9 Å². The van der Waals surface area contributed by atoms with E-state index in [4.69, 9.17) is 18.0 Å². The Morgan fingerprint density at radius 2 is 1.18 bits per heavy atom. The molecule has 0 atom stereocenters. The average Bonchev–Trinajstić information content (AvgIpc) is 1.96. The Kier molecular flexibility index (Phi) is 6.18. The Morgan fingerprint density at radius 3 is 1.53 bits per heavy atom. The first-order valence-corrected chi connectivity index (χ1v) is 5.89. The third-order valence-corrected chi connectivity index (χ3v) is 2.26. The highest BCUT2D eigenvalue weighted by Crippen LogP contribution is 2.17. The van der Waals surface area contributed by atoms with Crippen LogP contribution in [0.3, 0.4) is 0 Å². The summed E-state index contributed by atoms with van der Waals surface area (Å²) in [7, 11) is 14.0. The SMILES string of the molecule is CN(C)O[N+](C)(C)O[N+](C)(C)O[N+](C)(C)OI. The van der Waals surface area contributed by atoms with Gasteiger partial charge in [-0.2, -0.15) is 0 Å². The van der Waals surface area contributed by atoms with Crippen LogP contribution >= 0.6 is 23.0 Å². The molecular formula is C8H24IN4O4+3. The fraction of sp³-hybridized carbons (Fsp3) is 1.00. The Balaban J connectivity index is 4.53. The second-order valence-corrected chi connectivity index (χ2v) is 5.28. The lowest BCUT2D eigenvalue weighted by Crippen LogP contribution is -2.59. The zero-order valence-electron chi connectivity index (χ0n) is 11.8. The molecule has 0 aromatic heterocycles. The van der Waals surface area contributed by atoms with Crippen LogP contribution in [0.2, 0.25) is 0 Å². The number of halogens is 1. The van der Waals surface area contributed by atoms with Crippen molar-refractivity contribution in [2.24, 2.45) is 0 Å². The quantitative estimate of drug-likeness (QED) is 0.375. The zero-order valence-corrected chi connectivity index (χ0v) is 14.0. The van der Waals surface area contributed by atoms with Crippen LogP contribution in [0.5, 0.6) is 0 Å². The van der Waals surface area contributed by atoms with Gasteiger partial charge < -0.3 is 0 Å². The molecule has 0 bridgehead atoms. The maximum absolute atomic E-state index is 5.66. The molecule has 0 spiro atoms. The summed E-state index contributed by atoms with van der Waals surface area (Å²) in [6, 6.07) is 0. The van der Waals surface area contributed by atoms with Crippen molar-refractivity contribution in [1.82, 2.24) is 5.06 Å². The number of hydrogen-bond acceptors (Lipinski definition) is 5. The van der Waals surface area contributed by atoms with Gasteiger partial charge in [0.05, 0.1) is 14.7 Å². The number of rotatable bonds is 7. The monoisotopic (exact) mass is 367 g/mol. The fourth-order valence-corrected chi connectivity index (χ4v) is 1.45. The van der Waals surface area contributed by atoms with Gasteiger partial charge in [-0.05, 0) is 0 Å². The van der Waals surface area contributed by atoms with Crippen molar-refractivity contribution in [2.75, 3.05) is 56.4 Å². The molecule has 0 N–H and O–H groups in total. The van der Waals surface area contributed by atoms with Crippen LogP contribution in [0.1, 0.15) is 0 Å². The van der Waals surface area contributed by atoms with E-state index >= 15 is 0 Å². The summed E-state index contributed by atoms with van der Waals surface area (Å²) >= 11 is 1.76. The first-order valence-electron chi connectivity index (χ1n) is 5.01. The largest absolute Gasteiger partial charge is 0.194 e. The highest BCUT2D eigenvalue weighted by molar-refractivity contribution is 14.1. The maximum Gasteiger partial charge on any atom is 0.194 e. The minimum absolute atomic E-state index is 0.116. The van der Waals surface area contributed by atoms with Crippen LogP contribution in [0, 0.1) is 0 Å². The molecule has 0 aromatic carbocycles. The molecule has 0 rings (SSSR count). The van der Waals surface area contributed by atoms with Crippen molar-refractivity contribution < 1.29 is 32.4 Å². The molecule has 0 fully saturated rings. The lowest BCUT2D eigenvalue weighted by molar-refractivity contribution is -1.53. The lowest BCUT2D eigenvalue weighted by Gasteiger charge is -2.31. The molecule has 0 radical (unpaired) electrons. The van der Waals surface area contributed by atoms with E-state index in [-0.39, 0.29) is 14.4 Å². The predicted molar refractivity (Wildman–Crippen MR) is 68.4 cm³/mol. The molecule has 8 nitrogen and oxygen atoms in total. The minimum Gasteiger partial charge on any atom is -0.137 e. The minimum atomic E-state index is -0.198. The van der Waals surface area contributed by atoms with E-state index in [1.54, 1.807) is 84.5 Å². The van der Waals surface area contributed by atoms with Crippen molar-refractivity contribution >= 4 is 23.0 Å². The van der Waals surface area contributed by atoms with Gasteiger partial charge in [-0.3, -0.25) is 0 Å². The van der Waals surface area contributed by atoms with E-state index in [9.17, 15) is 0 Å². The molecule has 0 heterocycles. The summed E-state index contributed by atoms with van der Waals surface area (Å²) in [6.45, 7) is 0. The Hall–Kier alpha value is 0.410.